The Kier molecular flexibility index (Phi) is 4.28. The summed E-state index contributed by atoms with van der Waals surface area (Å²) in [5, 5.41) is 2.80. The number of H-pyrrole nitrogens is 1. The van der Waals surface area contributed by atoms with Crippen molar-refractivity contribution in [1.29, 1.82) is 0 Å². The molecule has 0 bridgehead atoms. The zero-order valence-corrected chi connectivity index (χ0v) is 14.7. The average molecular weight is 390 g/mol. The van der Waals surface area contributed by atoms with Gasteiger partial charge in [-0.15, -0.1) is 0 Å². The van der Waals surface area contributed by atoms with Gasteiger partial charge >= 0.3 is 11.9 Å². The summed E-state index contributed by atoms with van der Waals surface area (Å²) in [6, 6.07) is 9.70. The second kappa shape index (κ2) is 6.54. The van der Waals surface area contributed by atoms with Gasteiger partial charge in [-0.25, -0.2) is 4.79 Å². The lowest BCUT2D eigenvalue weighted by Crippen LogP contribution is -2.38. The summed E-state index contributed by atoms with van der Waals surface area (Å²) in [5.41, 5.74) is -0.178. The number of hydrogen-bond donors (Lipinski definition) is 2. The van der Waals surface area contributed by atoms with Gasteiger partial charge in [0.2, 0.25) is 5.91 Å². The fraction of sp³-hybridized carbons (Fsp3) is 0.300. The minimum Gasteiger partial charge on any atom is -0.408 e. The number of halogens is 3. The molecule has 5 nitrogen and oxygen atoms in total. The first-order valence-corrected chi connectivity index (χ1v) is 8.90. The van der Waals surface area contributed by atoms with Crippen LogP contribution in [-0.4, -0.2) is 10.9 Å². The number of aromatic nitrogens is 1. The highest BCUT2D eigenvalue weighted by Crippen LogP contribution is 2.43. The molecule has 1 aliphatic rings. The van der Waals surface area contributed by atoms with Crippen molar-refractivity contribution in [1.82, 2.24) is 4.98 Å². The molecule has 3 aromatic rings. The lowest BCUT2D eigenvalue weighted by atomic mass is 9.77. The zero-order valence-electron chi connectivity index (χ0n) is 14.7. The van der Waals surface area contributed by atoms with Crippen LogP contribution in [0.15, 0.2) is 51.7 Å². The summed E-state index contributed by atoms with van der Waals surface area (Å²) in [4.78, 5) is 26.9. The third-order valence-electron chi connectivity index (χ3n) is 5.31. The van der Waals surface area contributed by atoms with Crippen molar-refractivity contribution in [3.8, 4) is 0 Å². The number of oxazole rings is 1. The van der Waals surface area contributed by atoms with Crippen LogP contribution in [0, 0.1) is 0 Å². The Morgan fingerprint density at radius 1 is 1.11 bits per heavy atom. The maximum absolute atomic E-state index is 13.2. The van der Waals surface area contributed by atoms with E-state index in [0.29, 0.717) is 35.2 Å². The Hall–Kier alpha value is -3.03. The van der Waals surface area contributed by atoms with E-state index >= 15 is 0 Å². The molecule has 0 unspecified atom stereocenters. The quantitative estimate of drug-likeness (QED) is 0.687. The Balaban J connectivity index is 1.68. The number of alkyl halides is 3. The number of rotatable bonds is 3. The van der Waals surface area contributed by atoms with E-state index < -0.39 is 22.9 Å². The second-order valence-corrected chi connectivity index (χ2v) is 7.05. The third kappa shape index (κ3) is 3.19. The van der Waals surface area contributed by atoms with E-state index in [1.807, 2.05) is 0 Å². The number of carbonyl (C=O) groups is 1. The van der Waals surface area contributed by atoms with E-state index in [-0.39, 0.29) is 5.91 Å². The lowest BCUT2D eigenvalue weighted by Gasteiger charge is -2.29. The predicted molar refractivity (Wildman–Crippen MR) is 97.1 cm³/mol. The van der Waals surface area contributed by atoms with E-state index in [9.17, 15) is 22.8 Å². The molecule has 0 atom stereocenters. The van der Waals surface area contributed by atoms with E-state index in [4.69, 9.17) is 4.42 Å². The van der Waals surface area contributed by atoms with Gasteiger partial charge in [0.05, 0.1) is 16.5 Å². The first kappa shape index (κ1) is 18.3. The summed E-state index contributed by atoms with van der Waals surface area (Å²) >= 11 is 0. The number of nitrogens with one attached hydrogen (secondary N) is 2. The number of aromatic amines is 1. The van der Waals surface area contributed by atoms with Crippen molar-refractivity contribution in [2.45, 2.75) is 37.3 Å². The number of benzene rings is 2. The molecule has 0 spiro atoms. The summed E-state index contributed by atoms with van der Waals surface area (Å²) in [6.07, 6.45) is -1.99. The molecule has 2 N–H and O–H groups in total. The number of hydrogen-bond acceptors (Lipinski definition) is 3. The van der Waals surface area contributed by atoms with Gasteiger partial charge in [0.15, 0.2) is 5.58 Å². The molecule has 1 aromatic heterocycles. The topological polar surface area (TPSA) is 75.1 Å². The maximum atomic E-state index is 13.2. The van der Waals surface area contributed by atoms with Crippen molar-refractivity contribution >= 4 is 22.7 Å². The second-order valence-electron chi connectivity index (χ2n) is 7.05. The number of amides is 1. The molecule has 146 valence electrons. The van der Waals surface area contributed by atoms with Crippen LogP contribution < -0.4 is 11.1 Å². The van der Waals surface area contributed by atoms with Crippen molar-refractivity contribution in [3.63, 3.8) is 0 Å². The Labute approximate surface area is 157 Å². The molecule has 0 aliphatic heterocycles. The van der Waals surface area contributed by atoms with Crippen molar-refractivity contribution in [2.24, 2.45) is 0 Å². The fourth-order valence-electron chi connectivity index (χ4n) is 3.90. The molecule has 1 aliphatic carbocycles. The first-order valence-electron chi connectivity index (χ1n) is 8.90. The van der Waals surface area contributed by atoms with Crippen LogP contribution in [0.4, 0.5) is 18.9 Å². The van der Waals surface area contributed by atoms with Crippen molar-refractivity contribution in [2.75, 3.05) is 5.32 Å². The third-order valence-corrected chi connectivity index (χ3v) is 5.31. The minimum absolute atomic E-state index is 0.352. The Morgan fingerprint density at radius 2 is 1.86 bits per heavy atom. The predicted octanol–water partition coefficient (Wildman–Crippen LogP) is 4.59. The van der Waals surface area contributed by atoms with Gasteiger partial charge in [-0.1, -0.05) is 31.0 Å². The van der Waals surface area contributed by atoms with Gasteiger partial charge < -0.3 is 9.73 Å². The van der Waals surface area contributed by atoms with Crippen LogP contribution in [0.3, 0.4) is 0 Å². The number of anilines is 1. The highest BCUT2D eigenvalue weighted by atomic mass is 19.4. The molecule has 4 rings (SSSR count). The van der Waals surface area contributed by atoms with Gasteiger partial charge in [-0.05, 0) is 42.7 Å². The Bertz CT molecular complexity index is 1090. The lowest BCUT2D eigenvalue weighted by molar-refractivity contribution is -0.137. The number of fused-ring (bicyclic) bond motifs is 1. The minimum atomic E-state index is -4.47. The van der Waals surface area contributed by atoms with Crippen LogP contribution in [0.2, 0.25) is 0 Å². The summed E-state index contributed by atoms with van der Waals surface area (Å²) < 4.78 is 44.3. The van der Waals surface area contributed by atoms with Gasteiger partial charge in [-0.3, -0.25) is 9.78 Å². The molecule has 0 radical (unpaired) electrons. The van der Waals surface area contributed by atoms with E-state index in [1.54, 1.807) is 24.3 Å². The molecular weight excluding hydrogens is 373 g/mol. The van der Waals surface area contributed by atoms with Crippen LogP contribution in [0.1, 0.15) is 36.8 Å². The molecule has 1 saturated carbocycles. The largest absolute Gasteiger partial charge is 0.417 e. The molecule has 2 aromatic carbocycles. The van der Waals surface area contributed by atoms with Gasteiger partial charge in [-0.2, -0.15) is 13.2 Å². The molecule has 28 heavy (non-hydrogen) atoms. The van der Waals surface area contributed by atoms with Crippen molar-refractivity contribution < 1.29 is 22.4 Å². The smallest absolute Gasteiger partial charge is 0.408 e. The maximum Gasteiger partial charge on any atom is 0.417 e. The summed E-state index contributed by atoms with van der Waals surface area (Å²) in [7, 11) is 0. The monoisotopic (exact) mass is 390 g/mol. The Morgan fingerprint density at radius 3 is 2.57 bits per heavy atom. The standard InChI is InChI=1S/C20H17F3N2O3/c21-20(22,23)13-5-3-4-12(10-13)19(8-1-2-9-19)17(26)24-14-6-7-16-15(11-14)25-18(27)28-16/h3-7,10-11H,1-2,8-9H2,(H,24,26)(H,25,27). The highest BCUT2D eigenvalue weighted by molar-refractivity contribution is 6.00. The summed E-state index contributed by atoms with van der Waals surface area (Å²) in [5.74, 6) is -0.954. The van der Waals surface area contributed by atoms with Gasteiger partial charge in [0.1, 0.15) is 0 Å². The van der Waals surface area contributed by atoms with Gasteiger partial charge in [0.25, 0.3) is 0 Å². The SMILES string of the molecule is O=C(Nc1ccc2oc(=O)[nH]c2c1)C1(c2cccc(C(F)(F)F)c2)CCCC1. The van der Waals surface area contributed by atoms with E-state index in [2.05, 4.69) is 10.3 Å². The highest BCUT2D eigenvalue weighted by Gasteiger charge is 2.44. The first-order chi connectivity index (χ1) is 13.3. The normalized spacial score (nSPS) is 16.4. The molecule has 8 heteroatoms. The molecule has 1 fully saturated rings. The van der Waals surface area contributed by atoms with Crippen molar-refractivity contribution in [3.05, 3.63) is 64.1 Å². The average Bonchev–Trinajstić information content (AvgIpc) is 3.27. The molecule has 0 saturated heterocycles. The molecular formula is C20H17F3N2O3. The van der Waals surface area contributed by atoms with E-state index in [0.717, 1.165) is 25.0 Å². The number of carbonyl (C=O) groups excluding carboxylic acids is 1. The van der Waals surface area contributed by atoms with Crippen LogP contribution in [0.25, 0.3) is 11.1 Å². The molecule has 1 heterocycles. The fourth-order valence-corrected chi connectivity index (χ4v) is 3.90. The molecule has 1 amide bonds. The van der Waals surface area contributed by atoms with E-state index in [1.165, 1.54) is 6.07 Å². The zero-order chi connectivity index (χ0) is 19.9. The van der Waals surface area contributed by atoms with Crippen LogP contribution in [0.5, 0.6) is 0 Å². The van der Waals surface area contributed by atoms with Gasteiger partial charge in [0, 0.05) is 5.69 Å². The van der Waals surface area contributed by atoms with Crippen LogP contribution >= 0.6 is 0 Å². The van der Waals surface area contributed by atoms with Crippen LogP contribution in [-0.2, 0) is 16.4 Å². The summed E-state index contributed by atoms with van der Waals surface area (Å²) in [6.45, 7) is 0.